The Labute approximate surface area is 218 Å². The number of benzene rings is 3. The van der Waals surface area contributed by atoms with Crippen LogP contribution in [0.4, 0.5) is 0 Å². The van der Waals surface area contributed by atoms with Crippen LogP contribution in [0.2, 0.25) is 5.02 Å². The molecule has 3 aromatic carbocycles. The second-order valence-electron chi connectivity index (χ2n) is 9.43. The lowest BCUT2D eigenvalue weighted by molar-refractivity contribution is -0.143. The summed E-state index contributed by atoms with van der Waals surface area (Å²) >= 11 is 6.24. The fourth-order valence-electron chi connectivity index (χ4n) is 4.71. The Bertz CT molecular complexity index is 1160. The number of halogens is 1. The van der Waals surface area contributed by atoms with E-state index in [1.165, 1.54) is 0 Å². The van der Waals surface area contributed by atoms with Crippen LogP contribution in [0.25, 0.3) is 0 Å². The van der Waals surface area contributed by atoms with Crippen molar-refractivity contribution in [2.24, 2.45) is 0 Å². The van der Waals surface area contributed by atoms with Gasteiger partial charge in [0.1, 0.15) is 11.8 Å². The summed E-state index contributed by atoms with van der Waals surface area (Å²) in [6.07, 6.45) is 4.61. The van der Waals surface area contributed by atoms with Crippen LogP contribution >= 0.6 is 11.6 Å². The third kappa shape index (κ3) is 7.11. The molecule has 0 unspecified atom stereocenters. The molecule has 1 fully saturated rings. The van der Waals surface area contributed by atoms with Crippen LogP contribution in [0.1, 0.15) is 42.4 Å². The number of hydrogen-bond acceptors (Lipinski definition) is 3. The lowest BCUT2D eigenvalue weighted by Crippen LogP contribution is -2.53. The number of rotatable bonds is 10. The molecule has 1 N–H and O–H groups in total. The van der Waals surface area contributed by atoms with E-state index in [2.05, 4.69) is 5.32 Å². The van der Waals surface area contributed by atoms with Crippen LogP contribution in [0.3, 0.4) is 0 Å². The highest BCUT2D eigenvalue weighted by Gasteiger charge is 2.32. The van der Waals surface area contributed by atoms with Gasteiger partial charge in [-0.2, -0.15) is 0 Å². The van der Waals surface area contributed by atoms with Crippen molar-refractivity contribution in [3.8, 4) is 5.75 Å². The Hall–Kier alpha value is -3.31. The number of para-hydroxylation sites is 1. The van der Waals surface area contributed by atoms with E-state index in [4.69, 9.17) is 16.3 Å². The average Bonchev–Trinajstić information content (AvgIpc) is 3.39. The first-order valence-electron chi connectivity index (χ1n) is 12.6. The van der Waals surface area contributed by atoms with Gasteiger partial charge in [0.2, 0.25) is 5.91 Å². The van der Waals surface area contributed by atoms with E-state index < -0.39 is 6.04 Å². The SMILES string of the molecule is Cc1cccc(CN(C(=O)COc2ccccc2Cl)[C@@H](Cc2ccccc2)C(=O)NC2CCCC2)c1. The molecule has 0 radical (unpaired) electrons. The van der Waals surface area contributed by atoms with Crippen molar-refractivity contribution in [3.05, 3.63) is 101 Å². The Morgan fingerprint density at radius 3 is 2.39 bits per heavy atom. The van der Waals surface area contributed by atoms with Gasteiger partial charge >= 0.3 is 0 Å². The summed E-state index contributed by atoms with van der Waals surface area (Å²) in [5.41, 5.74) is 3.06. The first-order valence-corrected chi connectivity index (χ1v) is 12.9. The van der Waals surface area contributed by atoms with Crippen molar-refractivity contribution in [2.45, 2.75) is 57.7 Å². The summed E-state index contributed by atoms with van der Waals surface area (Å²) in [5.74, 6) is 0.0569. The van der Waals surface area contributed by atoms with Gasteiger partial charge in [0, 0.05) is 19.0 Å². The highest BCUT2D eigenvalue weighted by Crippen LogP contribution is 2.24. The minimum Gasteiger partial charge on any atom is -0.482 e. The first kappa shape index (κ1) is 25.8. The van der Waals surface area contributed by atoms with Gasteiger partial charge in [0.05, 0.1) is 5.02 Å². The van der Waals surface area contributed by atoms with Crippen molar-refractivity contribution in [1.29, 1.82) is 0 Å². The maximum Gasteiger partial charge on any atom is 0.261 e. The molecule has 188 valence electrons. The number of nitrogens with zero attached hydrogens (tertiary/aromatic N) is 1. The highest BCUT2D eigenvalue weighted by atomic mass is 35.5. The topological polar surface area (TPSA) is 58.6 Å². The Kier molecular flexibility index (Phi) is 9.01. The summed E-state index contributed by atoms with van der Waals surface area (Å²) in [6, 6.07) is 24.4. The molecule has 0 saturated heterocycles. The average molecular weight is 505 g/mol. The van der Waals surface area contributed by atoms with Gasteiger partial charge in [-0.3, -0.25) is 9.59 Å². The van der Waals surface area contributed by atoms with Crippen LogP contribution in [-0.2, 0) is 22.6 Å². The van der Waals surface area contributed by atoms with Crippen LogP contribution in [0.15, 0.2) is 78.9 Å². The smallest absolute Gasteiger partial charge is 0.261 e. The molecular formula is C30H33ClN2O3. The summed E-state index contributed by atoms with van der Waals surface area (Å²) < 4.78 is 5.80. The Balaban J connectivity index is 1.62. The Morgan fingerprint density at radius 1 is 0.972 bits per heavy atom. The largest absolute Gasteiger partial charge is 0.482 e. The molecule has 2 amide bonds. The number of nitrogens with one attached hydrogen (secondary N) is 1. The maximum absolute atomic E-state index is 13.7. The molecule has 3 aromatic rings. The molecule has 1 atom stereocenters. The minimum absolute atomic E-state index is 0.121. The maximum atomic E-state index is 13.7. The van der Waals surface area contributed by atoms with E-state index in [0.29, 0.717) is 23.7 Å². The summed E-state index contributed by atoms with van der Waals surface area (Å²) in [5, 5.41) is 3.66. The van der Waals surface area contributed by atoms with Gasteiger partial charge in [0.15, 0.2) is 6.61 Å². The van der Waals surface area contributed by atoms with Crippen LogP contribution in [0, 0.1) is 6.92 Å². The number of ether oxygens (including phenoxy) is 1. The zero-order valence-corrected chi connectivity index (χ0v) is 21.4. The molecule has 36 heavy (non-hydrogen) atoms. The third-order valence-corrected chi connectivity index (χ3v) is 6.91. The molecule has 4 rings (SSSR count). The van der Waals surface area contributed by atoms with E-state index >= 15 is 0 Å². The first-order chi connectivity index (χ1) is 17.5. The predicted octanol–water partition coefficient (Wildman–Crippen LogP) is 5.73. The fraction of sp³-hybridized carbons (Fsp3) is 0.333. The van der Waals surface area contributed by atoms with Crippen LogP contribution in [-0.4, -0.2) is 35.4 Å². The molecule has 0 aromatic heterocycles. The minimum atomic E-state index is -0.671. The number of carbonyl (C=O) groups excluding carboxylic acids is 2. The van der Waals surface area contributed by atoms with E-state index in [1.54, 1.807) is 17.0 Å². The Morgan fingerprint density at radius 2 is 1.67 bits per heavy atom. The zero-order chi connectivity index (χ0) is 25.3. The number of carbonyl (C=O) groups is 2. The summed E-state index contributed by atoms with van der Waals surface area (Å²) in [4.78, 5) is 29.0. The zero-order valence-electron chi connectivity index (χ0n) is 20.7. The molecule has 0 bridgehead atoms. The normalized spacial score (nSPS) is 14.3. The van der Waals surface area contributed by atoms with Crippen molar-refractivity contribution in [2.75, 3.05) is 6.61 Å². The summed E-state index contributed by atoms with van der Waals surface area (Å²) in [6.45, 7) is 2.12. The van der Waals surface area contributed by atoms with Gasteiger partial charge in [-0.25, -0.2) is 0 Å². The van der Waals surface area contributed by atoms with Gasteiger partial charge in [-0.1, -0.05) is 96.7 Å². The van der Waals surface area contributed by atoms with Crippen molar-refractivity contribution < 1.29 is 14.3 Å². The van der Waals surface area contributed by atoms with Crippen LogP contribution < -0.4 is 10.1 Å². The molecule has 1 saturated carbocycles. The predicted molar refractivity (Wildman–Crippen MR) is 143 cm³/mol. The molecule has 5 nitrogen and oxygen atoms in total. The van der Waals surface area contributed by atoms with Crippen molar-refractivity contribution in [3.63, 3.8) is 0 Å². The van der Waals surface area contributed by atoms with Gasteiger partial charge in [-0.05, 0) is 43.0 Å². The number of amides is 2. The van der Waals surface area contributed by atoms with Gasteiger partial charge < -0.3 is 15.0 Å². The van der Waals surface area contributed by atoms with E-state index in [1.807, 2.05) is 73.7 Å². The third-order valence-electron chi connectivity index (χ3n) is 6.60. The number of hydrogen-bond donors (Lipinski definition) is 1. The van der Waals surface area contributed by atoms with E-state index in [9.17, 15) is 9.59 Å². The van der Waals surface area contributed by atoms with Crippen molar-refractivity contribution >= 4 is 23.4 Å². The molecule has 0 spiro atoms. The molecule has 1 aliphatic carbocycles. The lowest BCUT2D eigenvalue weighted by Gasteiger charge is -2.32. The monoisotopic (exact) mass is 504 g/mol. The van der Waals surface area contributed by atoms with E-state index in [0.717, 1.165) is 42.4 Å². The second kappa shape index (κ2) is 12.6. The molecular weight excluding hydrogens is 472 g/mol. The molecule has 0 aliphatic heterocycles. The highest BCUT2D eigenvalue weighted by molar-refractivity contribution is 6.32. The van der Waals surface area contributed by atoms with Gasteiger partial charge in [-0.15, -0.1) is 0 Å². The summed E-state index contributed by atoms with van der Waals surface area (Å²) in [7, 11) is 0. The molecule has 0 heterocycles. The standard InChI is InChI=1S/C30H33ClN2O3/c1-22-10-9-13-24(18-22)20-33(29(34)21-36-28-17-8-7-16-26(28)31)27(19-23-11-3-2-4-12-23)30(35)32-25-14-5-6-15-25/h2-4,7-13,16-18,25,27H,5-6,14-15,19-21H2,1H3,(H,32,35)/t27-/m0/s1. The molecule has 6 heteroatoms. The second-order valence-corrected chi connectivity index (χ2v) is 9.83. The van der Waals surface area contributed by atoms with Crippen LogP contribution in [0.5, 0.6) is 5.75 Å². The van der Waals surface area contributed by atoms with Crippen molar-refractivity contribution in [1.82, 2.24) is 10.2 Å². The molecule has 1 aliphatic rings. The fourth-order valence-corrected chi connectivity index (χ4v) is 4.90. The van der Waals surface area contributed by atoms with Gasteiger partial charge in [0.25, 0.3) is 5.91 Å². The van der Waals surface area contributed by atoms with E-state index in [-0.39, 0.29) is 24.5 Å². The quantitative estimate of drug-likeness (QED) is 0.384. The lowest BCUT2D eigenvalue weighted by atomic mass is 10.0. The number of aryl methyl sites for hydroxylation is 1.